The number of hydrogen-bond acceptors (Lipinski definition) is 6. The molecule has 26 heavy (non-hydrogen) atoms. The number of aromatic nitrogens is 2. The third kappa shape index (κ3) is 4.99. The molecule has 7 heteroatoms. The van der Waals surface area contributed by atoms with E-state index in [1.165, 1.54) is 5.69 Å². The standard InChI is InChI=1S/C19H27ClN6/c1-19(2,3)24-17-16(20)13-21-18(23-17)22-14-5-7-15(8-6-14)26-11-9-25(4)10-12-26/h5-8,13H,9-12H2,1-4H3,(H2,21,22,23,24). The number of likely N-dealkylation sites (N-methyl/N-ethyl adjacent to an activating group) is 1. The van der Waals surface area contributed by atoms with Gasteiger partial charge in [0.2, 0.25) is 5.95 Å². The van der Waals surface area contributed by atoms with Gasteiger partial charge in [-0.15, -0.1) is 0 Å². The molecule has 0 bridgehead atoms. The van der Waals surface area contributed by atoms with Crippen molar-refractivity contribution in [2.75, 3.05) is 48.8 Å². The Morgan fingerprint density at radius 1 is 1.04 bits per heavy atom. The van der Waals surface area contributed by atoms with E-state index in [0.29, 0.717) is 16.8 Å². The summed E-state index contributed by atoms with van der Waals surface area (Å²) in [7, 11) is 2.17. The fourth-order valence-electron chi connectivity index (χ4n) is 2.82. The summed E-state index contributed by atoms with van der Waals surface area (Å²) in [6.45, 7) is 10.5. The molecule has 140 valence electrons. The van der Waals surface area contributed by atoms with E-state index in [4.69, 9.17) is 11.6 Å². The molecule has 0 amide bonds. The maximum Gasteiger partial charge on any atom is 0.229 e. The quantitative estimate of drug-likeness (QED) is 0.848. The van der Waals surface area contributed by atoms with E-state index in [2.05, 4.69) is 82.5 Å². The molecule has 1 fully saturated rings. The van der Waals surface area contributed by atoms with Gasteiger partial charge in [0.1, 0.15) is 5.02 Å². The van der Waals surface area contributed by atoms with E-state index in [-0.39, 0.29) is 5.54 Å². The second-order valence-corrected chi connectivity index (χ2v) is 8.13. The van der Waals surface area contributed by atoms with Crippen LogP contribution in [0.2, 0.25) is 5.02 Å². The SMILES string of the molecule is CN1CCN(c2ccc(Nc3ncc(Cl)c(NC(C)(C)C)n3)cc2)CC1. The van der Waals surface area contributed by atoms with Crippen molar-refractivity contribution in [3.63, 3.8) is 0 Å². The monoisotopic (exact) mass is 374 g/mol. The maximum atomic E-state index is 6.20. The fraction of sp³-hybridized carbons (Fsp3) is 0.474. The van der Waals surface area contributed by atoms with E-state index in [0.717, 1.165) is 31.9 Å². The Bertz CT molecular complexity index is 733. The minimum absolute atomic E-state index is 0.126. The molecule has 0 atom stereocenters. The summed E-state index contributed by atoms with van der Waals surface area (Å²) in [6.07, 6.45) is 1.61. The molecule has 0 saturated carbocycles. The normalized spacial score (nSPS) is 15.8. The molecule has 1 saturated heterocycles. The summed E-state index contributed by atoms with van der Waals surface area (Å²) >= 11 is 6.20. The summed E-state index contributed by atoms with van der Waals surface area (Å²) in [5.74, 6) is 1.15. The molecule has 1 aromatic heterocycles. The largest absolute Gasteiger partial charge is 0.369 e. The predicted octanol–water partition coefficient (Wildman–Crippen LogP) is 3.84. The smallest absolute Gasteiger partial charge is 0.229 e. The number of halogens is 1. The molecule has 6 nitrogen and oxygen atoms in total. The highest BCUT2D eigenvalue weighted by Gasteiger charge is 2.15. The van der Waals surface area contributed by atoms with Crippen LogP contribution in [0.5, 0.6) is 0 Å². The summed E-state index contributed by atoms with van der Waals surface area (Å²) in [6, 6.07) is 8.39. The lowest BCUT2D eigenvalue weighted by Gasteiger charge is -2.34. The van der Waals surface area contributed by atoms with Crippen LogP contribution in [0.3, 0.4) is 0 Å². The highest BCUT2D eigenvalue weighted by Crippen LogP contribution is 2.25. The van der Waals surface area contributed by atoms with Crippen molar-refractivity contribution in [2.24, 2.45) is 0 Å². The number of benzene rings is 1. The van der Waals surface area contributed by atoms with Gasteiger partial charge in [-0.3, -0.25) is 0 Å². The topological polar surface area (TPSA) is 56.3 Å². The van der Waals surface area contributed by atoms with Crippen LogP contribution in [0.25, 0.3) is 0 Å². The van der Waals surface area contributed by atoms with Crippen LogP contribution in [-0.4, -0.2) is 53.6 Å². The zero-order valence-electron chi connectivity index (χ0n) is 15.9. The molecule has 3 rings (SSSR count). The van der Waals surface area contributed by atoms with Gasteiger partial charge in [0, 0.05) is 43.1 Å². The van der Waals surface area contributed by atoms with Crippen LogP contribution in [0, 0.1) is 0 Å². The van der Waals surface area contributed by atoms with Gasteiger partial charge in [0.15, 0.2) is 5.82 Å². The second-order valence-electron chi connectivity index (χ2n) is 7.73. The van der Waals surface area contributed by atoms with Gasteiger partial charge in [0.05, 0.1) is 6.20 Å². The van der Waals surface area contributed by atoms with Crippen LogP contribution in [0.4, 0.5) is 23.1 Å². The lowest BCUT2D eigenvalue weighted by molar-refractivity contribution is 0.313. The Hall–Kier alpha value is -2.05. The number of anilines is 4. The van der Waals surface area contributed by atoms with Crippen molar-refractivity contribution in [1.82, 2.24) is 14.9 Å². The number of nitrogens with one attached hydrogen (secondary N) is 2. The highest BCUT2D eigenvalue weighted by molar-refractivity contribution is 6.32. The minimum Gasteiger partial charge on any atom is -0.369 e. The van der Waals surface area contributed by atoms with Crippen molar-refractivity contribution in [1.29, 1.82) is 0 Å². The Kier molecular flexibility index (Phi) is 5.53. The first-order valence-electron chi connectivity index (χ1n) is 8.91. The van der Waals surface area contributed by atoms with Crippen LogP contribution >= 0.6 is 11.6 Å². The molecule has 0 aliphatic carbocycles. The van der Waals surface area contributed by atoms with Gasteiger partial charge < -0.3 is 20.4 Å². The minimum atomic E-state index is -0.126. The van der Waals surface area contributed by atoms with Gasteiger partial charge in [-0.25, -0.2) is 4.98 Å². The Balaban J connectivity index is 1.68. The van der Waals surface area contributed by atoms with E-state index in [9.17, 15) is 0 Å². The molecule has 2 N–H and O–H groups in total. The maximum absolute atomic E-state index is 6.20. The van der Waals surface area contributed by atoms with E-state index in [1.807, 2.05) is 0 Å². The predicted molar refractivity (Wildman–Crippen MR) is 110 cm³/mol. The van der Waals surface area contributed by atoms with Crippen LogP contribution in [0.15, 0.2) is 30.5 Å². The fourth-order valence-corrected chi connectivity index (χ4v) is 2.96. The molecular formula is C19H27ClN6. The van der Waals surface area contributed by atoms with Crippen molar-refractivity contribution in [2.45, 2.75) is 26.3 Å². The first-order chi connectivity index (χ1) is 12.3. The van der Waals surface area contributed by atoms with Crippen molar-refractivity contribution in [3.8, 4) is 0 Å². The molecule has 0 radical (unpaired) electrons. The molecule has 2 heterocycles. The third-order valence-electron chi connectivity index (χ3n) is 4.23. The first-order valence-corrected chi connectivity index (χ1v) is 9.29. The van der Waals surface area contributed by atoms with Gasteiger partial charge >= 0.3 is 0 Å². The zero-order valence-corrected chi connectivity index (χ0v) is 16.6. The molecule has 1 aliphatic rings. The third-order valence-corrected chi connectivity index (χ3v) is 4.51. The van der Waals surface area contributed by atoms with Crippen molar-refractivity contribution < 1.29 is 0 Å². The van der Waals surface area contributed by atoms with Crippen molar-refractivity contribution >= 4 is 34.7 Å². The average molecular weight is 375 g/mol. The van der Waals surface area contributed by atoms with Gasteiger partial charge in [-0.1, -0.05) is 11.6 Å². The summed E-state index contributed by atoms with van der Waals surface area (Å²) < 4.78 is 0. The molecule has 0 unspecified atom stereocenters. The van der Waals surface area contributed by atoms with Crippen LogP contribution < -0.4 is 15.5 Å². The van der Waals surface area contributed by atoms with Gasteiger partial charge in [0.25, 0.3) is 0 Å². The van der Waals surface area contributed by atoms with E-state index in [1.54, 1.807) is 6.20 Å². The van der Waals surface area contributed by atoms with Crippen LogP contribution in [-0.2, 0) is 0 Å². The molecule has 2 aromatic rings. The Morgan fingerprint density at radius 2 is 1.69 bits per heavy atom. The molecule has 1 aromatic carbocycles. The first kappa shape index (κ1) is 18.7. The van der Waals surface area contributed by atoms with Gasteiger partial charge in [-0.2, -0.15) is 4.98 Å². The van der Waals surface area contributed by atoms with Crippen molar-refractivity contribution in [3.05, 3.63) is 35.5 Å². The molecule has 0 spiro atoms. The van der Waals surface area contributed by atoms with E-state index < -0.39 is 0 Å². The Labute approximate surface area is 160 Å². The number of rotatable bonds is 4. The lowest BCUT2D eigenvalue weighted by atomic mass is 10.1. The summed E-state index contributed by atoms with van der Waals surface area (Å²) in [4.78, 5) is 13.5. The second kappa shape index (κ2) is 7.68. The Morgan fingerprint density at radius 3 is 2.31 bits per heavy atom. The average Bonchev–Trinajstić information content (AvgIpc) is 2.58. The van der Waals surface area contributed by atoms with Crippen LogP contribution in [0.1, 0.15) is 20.8 Å². The molecular weight excluding hydrogens is 348 g/mol. The zero-order chi connectivity index (χ0) is 18.7. The summed E-state index contributed by atoms with van der Waals surface area (Å²) in [5, 5.41) is 7.05. The van der Waals surface area contributed by atoms with Gasteiger partial charge in [-0.05, 0) is 52.1 Å². The number of piperazine rings is 1. The highest BCUT2D eigenvalue weighted by atomic mass is 35.5. The summed E-state index contributed by atoms with van der Waals surface area (Å²) in [5.41, 5.74) is 2.07. The lowest BCUT2D eigenvalue weighted by Crippen LogP contribution is -2.44. The number of nitrogens with zero attached hydrogens (tertiary/aromatic N) is 4. The number of hydrogen-bond donors (Lipinski definition) is 2. The van der Waals surface area contributed by atoms with E-state index >= 15 is 0 Å². The molecule has 1 aliphatic heterocycles.